The van der Waals surface area contributed by atoms with Crippen molar-refractivity contribution in [3.05, 3.63) is 46.3 Å². The smallest absolute Gasteiger partial charge is 0.337 e. The first-order valence-electron chi connectivity index (χ1n) is 7.18. The van der Waals surface area contributed by atoms with Crippen LogP contribution in [-0.4, -0.2) is 32.7 Å². The number of rotatable bonds is 4. The maximum Gasteiger partial charge on any atom is 0.337 e. The molecule has 1 aliphatic rings. The van der Waals surface area contributed by atoms with Crippen LogP contribution in [0.3, 0.4) is 0 Å². The third-order valence-corrected chi connectivity index (χ3v) is 4.35. The van der Waals surface area contributed by atoms with Crippen LogP contribution in [0.25, 0.3) is 4.85 Å². The Morgan fingerprint density at radius 2 is 2.05 bits per heavy atom. The first-order valence-corrected chi connectivity index (χ1v) is 7.18. The van der Waals surface area contributed by atoms with Gasteiger partial charge in [0.1, 0.15) is 0 Å². The molecule has 0 saturated heterocycles. The molecule has 2 rings (SSSR count). The number of methoxy groups -OCH3 is 2. The molecule has 0 heterocycles. The average molecular weight is 301 g/mol. The van der Waals surface area contributed by atoms with E-state index in [0.29, 0.717) is 37.8 Å². The van der Waals surface area contributed by atoms with Crippen molar-refractivity contribution in [3.8, 4) is 0 Å². The molecule has 1 aromatic rings. The van der Waals surface area contributed by atoms with E-state index in [-0.39, 0.29) is 11.9 Å². The highest BCUT2D eigenvalue weighted by Gasteiger charge is 2.43. The Morgan fingerprint density at radius 3 is 2.68 bits per heavy atom. The number of aryl methyl sites for hydroxylation is 1. The number of benzene rings is 1. The molecule has 22 heavy (non-hydrogen) atoms. The third-order valence-electron chi connectivity index (χ3n) is 4.35. The van der Waals surface area contributed by atoms with E-state index in [1.54, 1.807) is 6.07 Å². The van der Waals surface area contributed by atoms with Gasteiger partial charge in [-0.1, -0.05) is 6.07 Å². The zero-order valence-corrected chi connectivity index (χ0v) is 12.8. The summed E-state index contributed by atoms with van der Waals surface area (Å²) in [5.74, 6) is -0.612. The molecule has 0 N–H and O–H groups in total. The first kappa shape index (κ1) is 16.0. The Balaban J connectivity index is 2.31. The zero-order chi connectivity index (χ0) is 16.2. The van der Waals surface area contributed by atoms with Crippen molar-refractivity contribution in [1.29, 1.82) is 0 Å². The Bertz CT molecular complexity index is 632. The highest BCUT2D eigenvalue weighted by molar-refractivity contribution is 5.89. The Kier molecular flexibility index (Phi) is 4.81. The zero-order valence-electron chi connectivity index (χ0n) is 12.8. The summed E-state index contributed by atoms with van der Waals surface area (Å²) in [6.07, 6.45) is 2.37. The highest BCUT2D eigenvalue weighted by Crippen LogP contribution is 2.40. The lowest BCUT2D eigenvalue weighted by Crippen LogP contribution is -2.38. The lowest BCUT2D eigenvalue weighted by Gasteiger charge is -2.34. The number of fused-ring (bicyclic) bond motifs is 1. The van der Waals surface area contributed by atoms with Gasteiger partial charge in [-0.25, -0.2) is 11.4 Å². The fourth-order valence-electron chi connectivity index (χ4n) is 3.08. The SMILES string of the molecule is [C-]#[N+]CCC1(C(=O)OC)CCc2cc(C(=O)OC)ccc2C1. The summed E-state index contributed by atoms with van der Waals surface area (Å²) in [7, 11) is 2.74. The summed E-state index contributed by atoms with van der Waals surface area (Å²) in [6, 6.07) is 5.42. The van der Waals surface area contributed by atoms with Crippen LogP contribution in [0.2, 0.25) is 0 Å². The minimum absolute atomic E-state index is 0.251. The largest absolute Gasteiger partial charge is 0.469 e. The number of hydrogen-bond acceptors (Lipinski definition) is 4. The lowest BCUT2D eigenvalue weighted by atomic mass is 9.69. The van der Waals surface area contributed by atoms with Crippen molar-refractivity contribution in [2.45, 2.75) is 25.7 Å². The van der Waals surface area contributed by atoms with Gasteiger partial charge in [0.25, 0.3) is 0 Å². The summed E-state index contributed by atoms with van der Waals surface area (Å²) < 4.78 is 9.70. The molecule has 0 spiro atoms. The van der Waals surface area contributed by atoms with E-state index in [0.717, 1.165) is 11.1 Å². The minimum Gasteiger partial charge on any atom is -0.469 e. The van der Waals surface area contributed by atoms with E-state index in [9.17, 15) is 9.59 Å². The van der Waals surface area contributed by atoms with Crippen LogP contribution >= 0.6 is 0 Å². The van der Waals surface area contributed by atoms with Gasteiger partial charge in [-0.15, -0.1) is 0 Å². The molecule has 0 amide bonds. The summed E-state index contributed by atoms with van der Waals surface area (Å²) in [4.78, 5) is 27.2. The molecule has 0 aromatic heterocycles. The van der Waals surface area contributed by atoms with Gasteiger partial charge in [0.15, 0.2) is 0 Å². The summed E-state index contributed by atoms with van der Waals surface area (Å²) in [6.45, 7) is 7.28. The molecule has 0 bridgehead atoms. The van der Waals surface area contributed by atoms with E-state index >= 15 is 0 Å². The maximum atomic E-state index is 12.2. The number of carbonyl (C=O) groups excluding carboxylic acids is 2. The number of hydrogen-bond donors (Lipinski definition) is 0. The van der Waals surface area contributed by atoms with E-state index in [1.807, 2.05) is 12.1 Å². The van der Waals surface area contributed by atoms with Crippen LogP contribution in [0, 0.1) is 12.0 Å². The van der Waals surface area contributed by atoms with E-state index in [1.165, 1.54) is 14.2 Å². The normalized spacial score (nSPS) is 19.7. The van der Waals surface area contributed by atoms with Crippen LogP contribution in [0.4, 0.5) is 0 Å². The van der Waals surface area contributed by atoms with Crippen molar-refractivity contribution in [3.63, 3.8) is 0 Å². The van der Waals surface area contributed by atoms with Crippen LogP contribution in [-0.2, 0) is 27.1 Å². The molecule has 1 atom stereocenters. The first-order chi connectivity index (χ1) is 10.6. The van der Waals surface area contributed by atoms with E-state index in [4.69, 9.17) is 16.0 Å². The molecule has 5 nitrogen and oxygen atoms in total. The Hall–Kier alpha value is -2.35. The predicted octanol–water partition coefficient (Wildman–Crippen LogP) is 2.43. The van der Waals surface area contributed by atoms with Crippen molar-refractivity contribution >= 4 is 11.9 Å². The molecule has 0 saturated carbocycles. The van der Waals surface area contributed by atoms with Gasteiger partial charge in [-0.2, -0.15) is 0 Å². The number of nitrogens with zero attached hydrogens (tertiary/aromatic N) is 1. The van der Waals surface area contributed by atoms with Crippen LogP contribution in [0.5, 0.6) is 0 Å². The maximum absolute atomic E-state index is 12.2. The number of esters is 2. The van der Waals surface area contributed by atoms with Crippen molar-refractivity contribution in [2.24, 2.45) is 5.41 Å². The summed E-state index contributed by atoms with van der Waals surface area (Å²) in [5.41, 5.74) is 1.99. The minimum atomic E-state index is -0.626. The fraction of sp³-hybridized carbons (Fsp3) is 0.471. The van der Waals surface area contributed by atoms with Gasteiger partial charge in [-0.3, -0.25) is 4.79 Å². The second-order valence-corrected chi connectivity index (χ2v) is 5.56. The second kappa shape index (κ2) is 6.61. The van der Waals surface area contributed by atoms with Gasteiger partial charge in [-0.05, 0) is 42.5 Å². The Labute approximate surface area is 130 Å². The van der Waals surface area contributed by atoms with Gasteiger partial charge in [0.05, 0.1) is 25.2 Å². The molecule has 116 valence electrons. The molecule has 1 unspecified atom stereocenters. The van der Waals surface area contributed by atoms with Gasteiger partial charge in [0.2, 0.25) is 6.54 Å². The molecule has 1 aliphatic carbocycles. The lowest BCUT2D eigenvalue weighted by molar-refractivity contribution is -0.154. The predicted molar refractivity (Wildman–Crippen MR) is 80.3 cm³/mol. The topological polar surface area (TPSA) is 57.0 Å². The van der Waals surface area contributed by atoms with Crippen molar-refractivity contribution < 1.29 is 19.1 Å². The third kappa shape index (κ3) is 2.96. The van der Waals surface area contributed by atoms with Gasteiger partial charge < -0.3 is 14.3 Å². The molecular weight excluding hydrogens is 282 g/mol. The highest BCUT2D eigenvalue weighted by atomic mass is 16.5. The van der Waals surface area contributed by atoms with Gasteiger partial charge in [0, 0.05) is 6.42 Å². The van der Waals surface area contributed by atoms with Crippen LogP contribution < -0.4 is 0 Å². The summed E-state index contributed by atoms with van der Waals surface area (Å²) in [5, 5.41) is 0. The number of ether oxygens (including phenoxy) is 2. The molecular formula is C17H19NO4. The molecule has 1 aromatic carbocycles. The van der Waals surface area contributed by atoms with E-state index < -0.39 is 5.41 Å². The van der Waals surface area contributed by atoms with Crippen LogP contribution in [0.1, 0.15) is 34.3 Å². The quantitative estimate of drug-likeness (QED) is 0.633. The van der Waals surface area contributed by atoms with Crippen molar-refractivity contribution in [1.82, 2.24) is 0 Å². The Morgan fingerprint density at radius 1 is 1.27 bits per heavy atom. The second-order valence-electron chi connectivity index (χ2n) is 5.56. The van der Waals surface area contributed by atoms with Crippen LogP contribution in [0.15, 0.2) is 18.2 Å². The fourth-order valence-corrected chi connectivity index (χ4v) is 3.08. The van der Waals surface area contributed by atoms with Gasteiger partial charge >= 0.3 is 11.9 Å². The van der Waals surface area contributed by atoms with Crippen molar-refractivity contribution in [2.75, 3.05) is 20.8 Å². The molecule has 0 aliphatic heterocycles. The number of carbonyl (C=O) groups is 2. The summed E-state index contributed by atoms with van der Waals surface area (Å²) >= 11 is 0. The monoisotopic (exact) mass is 301 g/mol. The molecule has 0 fully saturated rings. The molecule has 5 heteroatoms. The average Bonchev–Trinajstić information content (AvgIpc) is 2.57. The van der Waals surface area contributed by atoms with E-state index in [2.05, 4.69) is 4.85 Å². The molecule has 0 radical (unpaired) electrons. The standard InChI is InChI=1S/C17H19NO4/c1-18-9-8-17(16(20)22-3)7-6-12-10-13(15(19)21-2)4-5-14(12)11-17/h4-5,10H,6-9,11H2,2-3H3.